The first-order chi connectivity index (χ1) is 6.00. The maximum atomic E-state index is 5.76. The van der Waals surface area contributed by atoms with E-state index in [0.717, 1.165) is 5.56 Å². The van der Waals surface area contributed by atoms with Crippen molar-refractivity contribution in [3.8, 4) is 0 Å². The molecule has 0 spiro atoms. The molecule has 0 saturated heterocycles. The Kier molecular flexibility index (Phi) is 3.93. The molecule has 0 fully saturated rings. The zero-order chi connectivity index (χ0) is 9.90. The SMILES string of the molecule is ClC(=Cc1ccccc1)C(Cl)(Cl)Cl. The molecule has 1 rings (SSSR count). The summed E-state index contributed by atoms with van der Waals surface area (Å²) in [4.78, 5) is 0. The molecule has 0 radical (unpaired) electrons. The minimum atomic E-state index is -1.54. The minimum Gasteiger partial charge on any atom is -0.0844 e. The maximum absolute atomic E-state index is 5.76. The fraction of sp³-hybridized carbons (Fsp3) is 0.111. The Morgan fingerprint density at radius 2 is 1.62 bits per heavy atom. The predicted molar refractivity (Wildman–Crippen MR) is 60.6 cm³/mol. The molecule has 4 heteroatoms. The van der Waals surface area contributed by atoms with Crippen LogP contribution in [-0.2, 0) is 0 Å². The summed E-state index contributed by atoms with van der Waals surface area (Å²) in [5, 5.41) is 0.184. The summed E-state index contributed by atoms with van der Waals surface area (Å²) >= 11 is 22.4. The molecule has 1 aromatic carbocycles. The van der Waals surface area contributed by atoms with E-state index in [1.807, 2.05) is 30.3 Å². The third kappa shape index (κ3) is 3.78. The van der Waals surface area contributed by atoms with E-state index < -0.39 is 3.79 Å². The Labute approximate surface area is 97.0 Å². The second-order valence-electron chi connectivity index (χ2n) is 2.40. The highest BCUT2D eigenvalue weighted by Crippen LogP contribution is 2.37. The molecule has 70 valence electrons. The molecule has 1 aromatic rings. The van der Waals surface area contributed by atoms with Gasteiger partial charge in [0, 0.05) is 0 Å². The fourth-order valence-corrected chi connectivity index (χ4v) is 1.07. The molecule has 0 aliphatic heterocycles. The Morgan fingerprint density at radius 1 is 1.08 bits per heavy atom. The summed E-state index contributed by atoms with van der Waals surface area (Å²) in [5.74, 6) is 0. The average molecular weight is 256 g/mol. The van der Waals surface area contributed by atoms with E-state index >= 15 is 0 Å². The quantitative estimate of drug-likeness (QED) is 0.642. The normalized spacial score (nSPS) is 13.1. The van der Waals surface area contributed by atoms with Crippen molar-refractivity contribution in [2.75, 3.05) is 0 Å². The number of halogens is 4. The fourth-order valence-electron chi connectivity index (χ4n) is 0.777. The van der Waals surface area contributed by atoms with E-state index in [-0.39, 0.29) is 5.03 Å². The number of rotatable bonds is 1. The van der Waals surface area contributed by atoms with E-state index in [1.54, 1.807) is 6.08 Å². The highest BCUT2D eigenvalue weighted by molar-refractivity contribution is 6.73. The number of alkyl halides is 3. The second kappa shape index (κ2) is 4.56. The van der Waals surface area contributed by atoms with E-state index in [0.29, 0.717) is 0 Å². The topological polar surface area (TPSA) is 0 Å². The van der Waals surface area contributed by atoms with Gasteiger partial charge in [0.25, 0.3) is 0 Å². The molecule has 0 atom stereocenters. The maximum Gasteiger partial charge on any atom is 0.226 e. The van der Waals surface area contributed by atoms with Crippen LogP contribution in [0.25, 0.3) is 6.08 Å². The van der Waals surface area contributed by atoms with Crippen LogP contribution in [0.4, 0.5) is 0 Å². The standard InChI is InChI=1S/C9H6Cl4/c10-8(9(11,12)13)6-7-4-2-1-3-5-7/h1-6H. The van der Waals surface area contributed by atoms with Crippen LogP contribution in [0.5, 0.6) is 0 Å². The third-order valence-corrected chi connectivity index (χ3v) is 2.66. The summed E-state index contributed by atoms with van der Waals surface area (Å²) in [5.41, 5.74) is 0.902. The third-order valence-electron chi connectivity index (χ3n) is 1.36. The van der Waals surface area contributed by atoms with Crippen LogP contribution in [0, 0.1) is 0 Å². The van der Waals surface area contributed by atoms with Crippen LogP contribution in [0.2, 0.25) is 0 Å². The average Bonchev–Trinajstić information content (AvgIpc) is 2.04. The van der Waals surface area contributed by atoms with Crippen molar-refractivity contribution in [2.24, 2.45) is 0 Å². The lowest BCUT2D eigenvalue weighted by atomic mass is 10.2. The molecule has 0 aliphatic rings. The molecule has 0 unspecified atom stereocenters. The molecule has 0 aromatic heterocycles. The van der Waals surface area contributed by atoms with Crippen molar-refractivity contribution in [3.05, 3.63) is 40.9 Å². The number of hydrogen-bond donors (Lipinski definition) is 0. The van der Waals surface area contributed by atoms with Crippen molar-refractivity contribution >= 4 is 52.5 Å². The smallest absolute Gasteiger partial charge is 0.0844 e. The van der Waals surface area contributed by atoms with E-state index in [9.17, 15) is 0 Å². The summed E-state index contributed by atoms with van der Waals surface area (Å²) in [6, 6.07) is 9.42. The van der Waals surface area contributed by atoms with Crippen LogP contribution in [0.1, 0.15) is 5.56 Å². The van der Waals surface area contributed by atoms with E-state index in [2.05, 4.69) is 0 Å². The first kappa shape index (κ1) is 11.2. The highest BCUT2D eigenvalue weighted by atomic mass is 35.6. The Balaban J connectivity index is 2.90. The lowest BCUT2D eigenvalue weighted by Crippen LogP contribution is -2.00. The van der Waals surface area contributed by atoms with Crippen LogP contribution in [0.3, 0.4) is 0 Å². The van der Waals surface area contributed by atoms with Gasteiger partial charge in [0.2, 0.25) is 3.79 Å². The summed E-state index contributed by atoms with van der Waals surface area (Å²) < 4.78 is -1.54. The van der Waals surface area contributed by atoms with E-state index in [1.165, 1.54) is 0 Å². The largest absolute Gasteiger partial charge is 0.226 e. The molecule has 13 heavy (non-hydrogen) atoms. The second-order valence-corrected chi connectivity index (χ2v) is 5.09. The van der Waals surface area contributed by atoms with Gasteiger partial charge in [0.05, 0.1) is 5.03 Å². The molecular formula is C9H6Cl4. The molecule has 0 heterocycles. The van der Waals surface area contributed by atoms with Crippen LogP contribution in [0.15, 0.2) is 35.4 Å². The number of benzene rings is 1. The highest BCUT2D eigenvalue weighted by Gasteiger charge is 2.23. The van der Waals surface area contributed by atoms with Gasteiger partial charge in [-0.25, -0.2) is 0 Å². The van der Waals surface area contributed by atoms with Crippen LogP contribution >= 0.6 is 46.4 Å². The van der Waals surface area contributed by atoms with Crippen molar-refractivity contribution in [1.29, 1.82) is 0 Å². The van der Waals surface area contributed by atoms with Crippen molar-refractivity contribution in [3.63, 3.8) is 0 Å². The zero-order valence-corrected chi connectivity index (χ0v) is 9.50. The van der Waals surface area contributed by atoms with Crippen molar-refractivity contribution in [2.45, 2.75) is 3.79 Å². The van der Waals surface area contributed by atoms with Gasteiger partial charge in [-0.2, -0.15) is 0 Å². The predicted octanol–water partition coefficient (Wildman–Crippen LogP) is 4.64. The first-order valence-corrected chi connectivity index (χ1v) is 5.01. The Morgan fingerprint density at radius 3 is 2.08 bits per heavy atom. The Bertz CT molecular complexity index is 297. The summed E-state index contributed by atoms with van der Waals surface area (Å²) in [6.07, 6.45) is 1.62. The van der Waals surface area contributed by atoms with Gasteiger partial charge >= 0.3 is 0 Å². The van der Waals surface area contributed by atoms with Crippen LogP contribution < -0.4 is 0 Å². The molecule has 0 bridgehead atoms. The molecule has 0 aliphatic carbocycles. The van der Waals surface area contributed by atoms with Gasteiger partial charge < -0.3 is 0 Å². The monoisotopic (exact) mass is 254 g/mol. The molecule has 0 amide bonds. The lowest BCUT2D eigenvalue weighted by molar-refractivity contribution is 1.43. The molecule has 0 nitrogen and oxygen atoms in total. The van der Waals surface area contributed by atoms with Crippen LogP contribution in [-0.4, -0.2) is 3.79 Å². The van der Waals surface area contributed by atoms with Gasteiger partial charge in [-0.05, 0) is 11.6 Å². The molecule has 0 saturated carbocycles. The minimum absolute atomic E-state index is 0.184. The Hall–Kier alpha value is 0.120. The zero-order valence-electron chi connectivity index (χ0n) is 6.48. The first-order valence-electron chi connectivity index (χ1n) is 3.49. The molecule has 0 N–H and O–H groups in total. The van der Waals surface area contributed by atoms with E-state index in [4.69, 9.17) is 46.4 Å². The van der Waals surface area contributed by atoms with Gasteiger partial charge in [0.15, 0.2) is 0 Å². The summed E-state index contributed by atoms with van der Waals surface area (Å²) in [7, 11) is 0. The number of hydrogen-bond acceptors (Lipinski definition) is 0. The van der Waals surface area contributed by atoms with Gasteiger partial charge in [-0.15, -0.1) is 0 Å². The number of allylic oxidation sites excluding steroid dienone is 1. The van der Waals surface area contributed by atoms with Gasteiger partial charge in [-0.1, -0.05) is 76.7 Å². The molecular weight excluding hydrogens is 250 g/mol. The van der Waals surface area contributed by atoms with Gasteiger partial charge in [-0.3, -0.25) is 0 Å². The van der Waals surface area contributed by atoms with Crippen molar-refractivity contribution < 1.29 is 0 Å². The summed E-state index contributed by atoms with van der Waals surface area (Å²) in [6.45, 7) is 0. The lowest BCUT2D eigenvalue weighted by Gasteiger charge is -2.08. The van der Waals surface area contributed by atoms with Crippen molar-refractivity contribution in [1.82, 2.24) is 0 Å². The van der Waals surface area contributed by atoms with Gasteiger partial charge in [0.1, 0.15) is 0 Å².